The molecule has 0 radical (unpaired) electrons. The van der Waals surface area contributed by atoms with E-state index in [0.717, 1.165) is 12.1 Å². The van der Waals surface area contributed by atoms with Gasteiger partial charge in [0.1, 0.15) is 5.82 Å². The standard InChI is InChI=1S/C16H19FN4O3S/c1-20-11-12(10-18-20)16(22)21-8-6-14(7-9-21)19-25(23,24)15-4-2-13(17)3-5-15/h2-5,10-11,14,19H,6-9H2,1H3. The minimum absolute atomic E-state index is 0.0303. The molecule has 3 rings (SSSR count). The number of carbonyl (C=O) groups excluding carboxylic acids is 1. The number of nitrogens with one attached hydrogen (secondary N) is 1. The zero-order chi connectivity index (χ0) is 18.0. The maximum Gasteiger partial charge on any atom is 0.257 e. The number of nitrogens with zero attached hydrogens (tertiary/aromatic N) is 3. The van der Waals surface area contributed by atoms with Crippen molar-refractivity contribution < 1.29 is 17.6 Å². The van der Waals surface area contributed by atoms with E-state index in [2.05, 4.69) is 9.82 Å². The fourth-order valence-electron chi connectivity index (χ4n) is 2.82. The Kier molecular flexibility index (Phi) is 4.87. The molecule has 0 bridgehead atoms. The summed E-state index contributed by atoms with van der Waals surface area (Å²) in [6.07, 6.45) is 4.22. The summed E-state index contributed by atoms with van der Waals surface area (Å²) in [5, 5.41) is 3.99. The van der Waals surface area contributed by atoms with Gasteiger partial charge in [0.05, 0.1) is 16.7 Å². The predicted molar refractivity (Wildman–Crippen MR) is 88.9 cm³/mol. The highest BCUT2D eigenvalue weighted by Gasteiger charge is 2.27. The average molecular weight is 366 g/mol. The van der Waals surface area contributed by atoms with Crippen LogP contribution in [0.5, 0.6) is 0 Å². The van der Waals surface area contributed by atoms with E-state index in [0.29, 0.717) is 31.5 Å². The van der Waals surface area contributed by atoms with Crippen LogP contribution >= 0.6 is 0 Å². The number of piperidine rings is 1. The summed E-state index contributed by atoms with van der Waals surface area (Å²) < 4.78 is 41.8. The van der Waals surface area contributed by atoms with Gasteiger partial charge in [-0.15, -0.1) is 0 Å². The molecule has 134 valence electrons. The van der Waals surface area contributed by atoms with E-state index in [1.54, 1.807) is 22.8 Å². The Labute approximate surface area is 145 Å². The van der Waals surface area contributed by atoms with Crippen LogP contribution in [0.3, 0.4) is 0 Å². The molecule has 0 aliphatic carbocycles. The maximum absolute atomic E-state index is 12.9. The minimum Gasteiger partial charge on any atom is -0.338 e. The van der Waals surface area contributed by atoms with Gasteiger partial charge < -0.3 is 4.90 Å². The summed E-state index contributed by atoms with van der Waals surface area (Å²) >= 11 is 0. The van der Waals surface area contributed by atoms with E-state index >= 15 is 0 Å². The molecule has 7 nitrogen and oxygen atoms in total. The van der Waals surface area contributed by atoms with Crippen LogP contribution < -0.4 is 4.72 Å². The van der Waals surface area contributed by atoms with Crippen LogP contribution in [0.4, 0.5) is 4.39 Å². The molecule has 1 amide bonds. The molecule has 1 aromatic carbocycles. The number of halogens is 1. The molecule has 0 atom stereocenters. The van der Waals surface area contributed by atoms with Gasteiger partial charge in [0.15, 0.2) is 0 Å². The Morgan fingerprint density at radius 1 is 1.24 bits per heavy atom. The van der Waals surface area contributed by atoms with E-state index in [9.17, 15) is 17.6 Å². The van der Waals surface area contributed by atoms with Crippen LogP contribution in [0, 0.1) is 5.82 Å². The van der Waals surface area contributed by atoms with Crippen molar-refractivity contribution in [3.8, 4) is 0 Å². The van der Waals surface area contributed by atoms with Crippen LogP contribution in [-0.4, -0.2) is 48.1 Å². The Morgan fingerprint density at radius 3 is 2.44 bits per heavy atom. The molecule has 1 N–H and O–H groups in total. The van der Waals surface area contributed by atoms with Gasteiger partial charge in [0.25, 0.3) is 5.91 Å². The fourth-order valence-corrected chi connectivity index (χ4v) is 4.12. The second-order valence-electron chi connectivity index (χ2n) is 6.04. The molecule has 1 saturated heterocycles. The lowest BCUT2D eigenvalue weighted by atomic mass is 10.1. The van der Waals surface area contributed by atoms with Crippen molar-refractivity contribution >= 4 is 15.9 Å². The van der Waals surface area contributed by atoms with E-state index in [-0.39, 0.29) is 16.8 Å². The van der Waals surface area contributed by atoms with Crippen LogP contribution in [0.15, 0.2) is 41.6 Å². The Bertz CT molecular complexity index is 856. The first-order valence-corrected chi connectivity index (χ1v) is 9.39. The average Bonchev–Trinajstić information content (AvgIpc) is 3.01. The Balaban J connectivity index is 1.59. The number of sulfonamides is 1. The first kappa shape index (κ1) is 17.6. The number of rotatable bonds is 4. The first-order chi connectivity index (χ1) is 11.8. The van der Waals surface area contributed by atoms with Gasteiger partial charge in [0, 0.05) is 32.4 Å². The lowest BCUT2D eigenvalue weighted by Gasteiger charge is -2.32. The first-order valence-electron chi connectivity index (χ1n) is 7.91. The maximum atomic E-state index is 12.9. The third-order valence-electron chi connectivity index (χ3n) is 4.18. The van der Waals surface area contributed by atoms with E-state index in [1.807, 2.05) is 0 Å². The van der Waals surface area contributed by atoms with Crippen molar-refractivity contribution in [2.75, 3.05) is 13.1 Å². The lowest BCUT2D eigenvalue weighted by Crippen LogP contribution is -2.46. The van der Waals surface area contributed by atoms with Crippen molar-refractivity contribution in [1.29, 1.82) is 0 Å². The molecule has 25 heavy (non-hydrogen) atoms. The van der Waals surface area contributed by atoms with Crippen LogP contribution in [0.25, 0.3) is 0 Å². The van der Waals surface area contributed by atoms with Gasteiger partial charge in [-0.05, 0) is 37.1 Å². The third-order valence-corrected chi connectivity index (χ3v) is 5.72. The fraction of sp³-hybridized carbons (Fsp3) is 0.375. The summed E-state index contributed by atoms with van der Waals surface area (Å²) in [6, 6.07) is 4.44. The molecule has 2 aromatic rings. The van der Waals surface area contributed by atoms with Crippen LogP contribution in [-0.2, 0) is 17.1 Å². The minimum atomic E-state index is -3.70. The van der Waals surface area contributed by atoms with Gasteiger partial charge in [-0.1, -0.05) is 0 Å². The monoisotopic (exact) mass is 366 g/mol. The highest BCUT2D eigenvalue weighted by molar-refractivity contribution is 7.89. The summed E-state index contributed by atoms with van der Waals surface area (Å²) in [5.74, 6) is -0.589. The number of amides is 1. The molecule has 0 spiro atoms. The summed E-state index contributed by atoms with van der Waals surface area (Å²) in [5.41, 5.74) is 0.521. The molecule has 9 heteroatoms. The number of hydrogen-bond acceptors (Lipinski definition) is 4. The quantitative estimate of drug-likeness (QED) is 0.880. The molecule has 1 fully saturated rings. The van der Waals surface area contributed by atoms with E-state index in [4.69, 9.17) is 0 Å². The Morgan fingerprint density at radius 2 is 1.88 bits per heavy atom. The van der Waals surface area contributed by atoms with E-state index in [1.165, 1.54) is 18.3 Å². The highest BCUT2D eigenvalue weighted by atomic mass is 32.2. The molecule has 0 unspecified atom stereocenters. The second-order valence-corrected chi connectivity index (χ2v) is 7.76. The van der Waals surface area contributed by atoms with Gasteiger partial charge in [-0.25, -0.2) is 17.5 Å². The molecule has 2 heterocycles. The van der Waals surface area contributed by atoms with Crippen LogP contribution in [0.2, 0.25) is 0 Å². The molecular weight excluding hydrogens is 347 g/mol. The van der Waals surface area contributed by atoms with E-state index < -0.39 is 15.8 Å². The summed E-state index contributed by atoms with van der Waals surface area (Å²) in [4.78, 5) is 14.1. The van der Waals surface area contributed by atoms with Crippen molar-refractivity contribution in [2.24, 2.45) is 7.05 Å². The number of benzene rings is 1. The SMILES string of the molecule is Cn1cc(C(=O)N2CCC(NS(=O)(=O)c3ccc(F)cc3)CC2)cn1. The van der Waals surface area contributed by atoms with Crippen molar-refractivity contribution in [3.63, 3.8) is 0 Å². The number of aryl methyl sites for hydroxylation is 1. The summed E-state index contributed by atoms with van der Waals surface area (Å²) in [6.45, 7) is 0.925. The molecule has 1 aliphatic heterocycles. The smallest absolute Gasteiger partial charge is 0.257 e. The van der Waals surface area contributed by atoms with Gasteiger partial charge >= 0.3 is 0 Å². The van der Waals surface area contributed by atoms with Gasteiger partial charge in [0.2, 0.25) is 10.0 Å². The summed E-state index contributed by atoms with van der Waals surface area (Å²) in [7, 11) is -1.95. The second kappa shape index (κ2) is 6.93. The third kappa shape index (κ3) is 4.05. The number of hydrogen-bond donors (Lipinski definition) is 1. The zero-order valence-electron chi connectivity index (χ0n) is 13.7. The number of aromatic nitrogens is 2. The van der Waals surface area contributed by atoms with Gasteiger partial charge in [-0.2, -0.15) is 5.10 Å². The van der Waals surface area contributed by atoms with Crippen molar-refractivity contribution in [2.45, 2.75) is 23.8 Å². The number of carbonyl (C=O) groups is 1. The zero-order valence-corrected chi connectivity index (χ0v) is 14.5. The van der Waals surface area contributed by atoms with Crippen molar-refractivity contribution in [1.82, 2.24) is 19.4 Å². The van der Waals surface area contributed by atoms with Gasteiger partial charge in [-0.3, -0.25) is 9.48 Å². The van der Waals surface area contributed by atoms with Crippen molar-refractivity contribution in [3.05, 3.63) is 48.0 Å². The largest absolute Gasteiger partial charge is 0.338 e. The topological polar surface area (TPSA) is 84.3 Å². The highest BCUT2D eigenvalue weighted by Crippen LogP contribution is 2.17. The normalized spacial score (nSPS) is 16.2. The Hall–Kier alpha value is -2.26. The van der Waals surface area contributed by atoms with Crippen LogP contribution in [0.1, 0.15) is 23.2 Å². The number of likely N-dealkylation sites (tertiary alicyclic amines) is 1. The molecule has 1 aliphatic rings. The molecular formula is C16H19FN4O3S. The lowest BCUT2D eigenvalue weighted by molar-refractivity contribution is 0.0711. The molecule has 1 aromatic heterocycles. The molecule has 0 saturated carbocycles. The predicted octanol–water partition coefficient (Wildman–Crippen LogP) is 1.14.